The summed E-state index contributed by atoms with van der Waals surface area (Å²) in [6.07, 6.45) is 0. The second kappa shape index (κ2) is 5.86. The Morgan fingerprint density at radius 3 is 2.37 bits per heavy atom. The van der Waals surface area contributed by atoms with Crippen molar-refractivity contribution in [3.8, 4) is 0 Å². The maximum absolute atomic E-state index is 13.6. The molecule has 0 fully saturated rings. The number of hydrogen-bond donors (Lipinski definition) is 2. The van der Waals surface area contributed by atoms with Crippen LogP contribution >= 0.6 is 15.9 Å². The van der Waals surface area contributed by atoms with Gasteiger partial charge < -0.3 is 10.6 Å². The number of nitrogens with one attached hydrogen (secondary N) is 2. The Balaban J connectivity index is 2.80. The van der Waals surface area contributed by atoms with Gasteiger partial charge in [-0.1, -0.05) is 0 Å². The number of halogens is 3. The Hall–Kier alpha value is -1.17. The number of carbonyl (C=O) groups excluding carboxylic acids is 1. The maximum Gasteiger partial charge on any atom is 0.242 e. The Morgan fingerprint density at radius 1 is 1.26 bits per heavy atom. The summed E-state index contributed by atoms with van der Waals surface area (Å²) in [4.78, 5) is 11.8. The van der Waals surface area contributed by atoms with Crippen molar-refractivity contribution in [2.24, 2.45) is 0 Å². The van der Waals surface area contributed by atoms with Crippen molar-refractivity contribution in [1.82, 2.24) is 5.32 Å². The summed E-state index contributed by atoms with van der Waals surface area (Å²) in [6.45, 7) is 7.12. The van der Waals surface area contributed by atoms with E-state index in [1.165, 1.54) is 0 Å². The van der Waals surface area contributed by atoms with Crippen molar-refractivity contribution in [3.63, 3.8) is 0 Å². The highest BCUT2D eigenvalue weighted by Crippen LogP contribution is 2.23. The smallest absolute Gasteiger partial charge is 0.242 e. The first kappa shape index (κ1) is 15.9. The lowest BCUT2D eigenvalue weighted by Crippen LogP contribution is -2.47. The molecule has 1 unspecified atom stereocenters. The first-order valence-corrected chi connectivity index (χ1v) is 6.62. The van der Waals surface area contributed by atoms with Crippen molar-refractivity contribution in [2.45, 2.75) is 39.3 Å². The summed E-state index contributed by atoms with van der Waals surface area (Å²) in [5, 5.41) is 5.41. The zero-order valence-corrected chi connectivity index (χ0v) is 12.9. The minimum atomic E-state index is -0.672. The molecule has 19 heavy (non-hydrogen) atoms. The third kappa shape index (κ3) is 4.78. The second-order valence-electron chi connectivity index (χ2n) is 5.35. The normalized spacial score (nSPS) is 13.0. The molecule has 3 nitrogen and oxygen atoms in total. The van der Waals surface area contributed by atoms with E-state index in [4.69, 9.17) is 0 Å². The van der Waals surface area contributed by atoms with Crippen LogP contribution in [0.1, 0.15) is 27.7 Å². The zero-order valence-electron chi connectivity index (χ0n) is 11.3. The number of anilines is 1. The molecule has 0 spiro atoms. The van der Waals surface area contributed by atoms with E-state index in [1.54, 1.807) is 6.92 Å². The van der Waals surface area contributed by atoms with Gasteiger partial charge in [0.25, 0.3) is 0 Å². The van der Waals surface area contributed by atoms with Crippen LogP contribution in [0.4, 0.5) is 14.5 Å². The van der Waals surface area contributed by atoms with Crippen LogP contribution < -0.4 is 10.6 Å². The molecule has 1 aromatic carbocycles. The zero-order chi connectivity index (χ0) is 14.8. The van der Waals surface area contributed by atoms with Crippen molar-refractivity contribution >= 4 is 27.5 Å². The van der Waals surface area contributed by atoms with Gasteiger partial charge in [0, 0.05) is 11.6 Å². The largest absolute Gasteiger partial charge is 0.371 e. The van der Waals surface area contributed by atoms with E-state index in [0.717, 1.165) is 12.1 Å². The van der Waals surface area contributed by atoms with Crippen LogP contribution in [-0.2, 0) is 4.79 Å². The number of carbonyl (C=O) groups is 1. The Bertz CT molecular complexity index is 486. The van der Waals surface area contributed by atoms with Gasteiger partial charge in [-0.15, -0.1) is 0 Å². The second-order valence-corrected chi connectivity index (χ2v) is 6.21. The van der Waals surface area contributed by atoms with Crippen molar-refractivity contribution in [2.75, 3.05) is 5.32 Å². The molecular formula is C13H17BrF2N2O. The SMILES string of the molecule is CC(Nc1cc(F)c(Br)cc1F)C(=O)NC(C)(C)C. The molecule has 1 rings (SSSR count). The quantitative estimate of drug-likeness (QED) is 0.831. The molecule has 0 radical (unpaired) electrons. The van der Waals surface area contributed by atoms with Crippen molar-refractivity contribution in [1.29, 1.82) is 0 Å². The van der Waals surface area contributed by atoms with Gasteiger partial charge in [-0.2, -0.15) is 0 Å². The predicted octanol–water partition coefficient (Wildman–Crippen LogP) is 3.44. The number of amides is 1. The van der Waals surface area contributed by atoms with Crippen LogP contribution in [0.15, 0.2) is 16.6 Å². The van der Waals surface area contributed by atoms with Crippen LogP contribution in [0, 0.1) is 11.6 Å². The number of rotatable bonds is 3. The molecule has 0 heterocycles. The van der Waals surface area contributed by atoms with E-state index in [2.05, 4.69) is 26.6 Å². The van der Waals surface area contributed by atoms with E-state index in [9.17, 15) is 13.6 Å². The van der Waals surface area contributed by atoms with E-state index in [0.29, 0.717) is 0 Å². The van der Waals surface area contributed by atoms with Crippen LogP contribution in [0.5, 0.6) is 0 Å². The van der Waals surface area contributed by atoms with E-state index in [-0.39, 0.29) is 21.6 Å². The summed E-state index contributed by atoms with van der Waals surface area (Å²) >= 11 is 2.89. The van der Waals surface area contributed by atoms with Gasteiger partial charge in [-0.25, -0.2) is 8.78 Å². The van der Waals surface area contributed by atoms with E-state index < -0.39 is 17.7 Å². The molecule has 0 aromatic heterocycles. The molecule has 2 N–H and O–H groups in total. The molecule has 0 aliphatic heterocycles. The predicted molar refractivity (Wildman–Crippen MR) is 75.0 cm³/mol. The molecule has 0 aliphatic carbocycles. The molecule has 1 amide bonds. The summed E-state index contributed by atoms with van der Waals surface area (Å²) in [6, 6.07) is 1.36. The van der Waals surface area contributed by atoms with Crippen LogP contribution in [-0.4, -0.2) is 17.5 Å². The average Bonchev–Trinajstić information content (AvgIpc) is 2.23. The topological polar surface area (TPSA) is 41.1 Å². The summed E-state index contributed by atoms with van der Waals surface area (Å²) in [5.74, 6) is -1.49. The molecule has 0 aliphatic rings. The Kier molecular flexibility index (Phi) is 4.90. The fourth-order valence-electron chi connectivity index (χ4n) is 1.41. The minimum Gasteiger partial charge on any atom is -0.371 e. The molecule has 0 bridgehead atoms. The third-order valence-electron chi connectivity index (χ3n) is 2.27. The summed E-state index contributed by atoms with van der Waals surface area (Å²) in [5.41, 5.74) is -0.423. The van der Waals surface area contributed by atoms with Crippen molar-refractivity contribution in [3.05, 3.63) is 28.2 Å². The molecule has 1 atom stereocenters. The third-order valence-corrected chi connectivity index (χ3v) is 2.88. The van der Waals surface area contributed by atoms with Gasteiger partial charge >= 0.3 is 0 Å². The first-order valence-electron chi connectivity index (χ1n) is 5.83. The Morgan fingerprint density at radius 2 is 1.84 bits per heavy atom. The highest BCUT2D eigenvalue weighted by Gasteiger charge is 2.20. The monoisotopic (exact) mass is 334 g/mol. The lowest BCUT2D eigenvalue weighted by Gasteiger charge is -2.24. The van der Waals surface area contributed by atoms with Gasteiger partial charge in [0.2, 0.25) is 5.91 Å². The molecule has 6 heteroatoms. The number of hydrogen-bond acceptors (Lipinski definition) is 2. The standard InChI is InChI=1S/C13H17BrF2N2O/c1-7(12(19)18-13(2,3)4)17-11-6-9(15)8(14)5-10(11)16/h5-7,17H,1-4H3,(H,18,19). The highest BCUT2D eigenvalue weighted by molar-refractivity contribution is 9.10. The van der Waals surface area contributed by atoms with Crippen LogP contribution in [0.2, 0.25) is 0 Å². The van der Waals surface area contributed by atoms with Gasteiger partial charge in [-0.05, 0) is 49.7 Å². The number of benzene rings is 1. The van der Waals surface area contributed by atoms with Gasteiger partial charge in [-0.3, -0.25) is 4.79 Å². The minimum absolute atomic E-state index is 0.0438. The van der Waals surface area contributed by atoms with E-state index in [1.807, 2.05) is 20.8 Å². The maximum atomic E-state index is 13.6. The molecule has 0 saturated heterocycles. The molecular weight excluding hydrogens is 318 g/mol. The fourth-order valence-corrected chi connectivity index (χ4v) is 1.73. The van der Waals surface area contributed by atoms with Crippen molar-refractivity contribution < 1.29 is 13.6 Å². The highest BCUT2D eigenvalue weighted by atomic mass is 79.9. The lowest BCUT2D eigenvalue weighted by atomic mass is 10.1. The molecule has 1 aromatic rings. The van der Waals surface area contributed by atoms with Crippen LogP contribution in [0.3, 0.4) is 0 Å². The fraction of sp³-hybridized carbons (Fsp3) is 0.462. The summed E-state index contributed by atoms with van der Waals surface area (Å²) in [7, 11) is 0. The van der Waals surface area contributed by atoms with Crippen LogP contribution in [0.25, 0.3) is 0 Å². The summed E-state index contributed by atoms with van der Waals surface area (Å²) < 4.78 is 27.0. The van der Waals surface area contributed by atoms with Gasteiger partial charge in [0.15, 0.2) is 0 Å². The molecule has 0 saturated carbocycles. The van der Waals surface area contributed by atoms with Gasteiger partial charge in [0.05, 0.1) is 10.2 Å². The average molecular weight is 335 g/mol. The Labute approximate surface area is 119 Å². The van der Waals surface area contributed by atoms with E-state index >= 15 is 0 Å². The lowest BCUT2D eigenvalue weighted by molar-refractivity contribution is -0.122. The van der Waals surface area contributed by atoms with Gasteiger partial charge in [0.1, 0.15) is 17.7 Å². The first-order chi connectivity index (χ1) is 8.60. The molecule has 106 valence electrons.